The van der Waals surface area contributed by atoms with E-state index in [0.29, 0.717) is 0 Å². The zero-order valence-corrected chi connectivity index (χ0v) is 13.1. The fourth-order valence-electron chi connectivity index (χ4n) is 2.51. The molecule has 1 atom stereocenters. The van der Waals surface area contributed by atoms with Crippen molar-refractivity contribution in [3.8, 4) is 11.3 Å². The van der Waals surface area contributed by atoms with Crippen LogP contribution in [0.2, 0.25) is 0 Å². The lowest BCUT2D eigenvalue weighted by molar-refractivity contribution is 0.532. The quantitative estimate of drug-likeness (QED) is 0.908. The number of hydrogen-bond acceptors (Lipinski definition) is 3. The average Bonchev–Trinajstić information content (AvgIpc) is 3.08. The van der Waals surface area contributed by atoms with E-state index in [0.717, 1.165) is 22.5 Å². The molecule has 0 spiro atoms. The molecular formula is C15H17BrN2S. The molecule has 1 saturated heterocycles. The smallest absolute Gasteiger partial charge is 0.0932 e. The number of nitrogens with one attached hydrogen (secondary N) is 1. The van der Waals surface area contributed by atoms with Crippen molar-refractivity contribution in [2.75, 3.05) is 13.1 Å². The Kier molecular flexibility index (Phi) is 4.31. The Morgan fingerprint density at radius 3 is 3.05 bits per heavy atom. The molecule has 100 valence electrons. The van der Waals surface area contributed by atoms with E-state index < -0.39 is 0 Å². The van der Waals surface area contributed by atoms with Crippen molar-refractivity contribution in [3.63, 3.8) is 0 Å². The fourth-order valence-corrected chi connectivity index (χ4v) is 3.81. The zero-order chi connectivity index (χ0) is 13.1. The highest BCUT2D eigenvalue weighted by molar-refractivity contribution is 9.10. The maximum Gasteiger partial charge on any atom is 0.0932 e. The molecule has 2 heterocycles. The second-order valence-corrected chi connectivity index (χ2v) is 6.80. The summed E-state index contributed by atoms with van der Waals surface area (Å²) in [7, 11) is 0. The summed E-state index contributed by atoms with van der Waals surface area (Å²) in [5.74, 6) is 0.843. The van der Waals surface area contributed by atoms with Gasteiger partial charge >= 0.3 is 0 Å². The number of aromatic nitrogens is 1. The summed E-state index contributed by atoms with van der Waals surface area (Å²) in [4.78, 5) is 4.77. The first-order valence-electron chi connectivity index (χ1n) is 6.73. The van der Waals surface area contributed by atoms with E-state index in [4.69, 9.17) is 4.98 Å². The van der Waals surface area contributed by atoms with Crippen LogP contribution in [0.5, 0.6) is 0 Å². The molecule has 1 aromatic heterocycles. The molecule has 0 radical (unpaired) electrons. The predicted octanol–water partition coefficient (Wildman–Crippen LogP) is 4.11. The number of aryl methyl sites for hydroxylation is 1. The summed E-state index contributed by atoms with van der Waals surface area (Å²) in [6, 6.07) is 8.28. The van der Waals surface area contributed by atoms with Gasteiger partial charge in [-0.15, -0.1) is 11.3 Å². The molecule has 1 fully saturated rings. The van der Waals surface area contributed by atoms with Crippen molar-refractivity contribution < 1.29 is 0 Å². The van der Waals surface area contributed by atoms with Gasteiger partial charge in [-0.1, -0.05) is 34.1 Å². The summed E-state index contributed by atoms with van der Waals surface area (Å²) in [5.41, 5.74) is 2.28. The topological polar surface area (TPSA) is 24.9 Å². The van der Waals surface area contributed by atoms with E-state index in [1.807, 2.05) is 6.07 Å². The highest BCUT2D eigenvalue weighted by atomic mass is 79.9. The largest absolute Gasteiger partial charge is 0.316 e. The van der Waals surface area contributed by atoms with Gasteiger partial charge in [-0.05, 0) is 44.3 Å². The first-order chi connectivity index (χ1) is 9.33. The van der Waals surface area contributed by atoms with Crippen LogP contribution in [0.1, 0.15) is 17.8 Å². The molecule has 0 saturated carbocycles. The Morgan fingerprint density at radius 1 is 1.37 bits per heavy atom. The lowest BCUT2D eigenvalue weighted by Crippen LogP contribution is -2.09. The molecule has 3 rings (SSSR count). The Bertz CT molecular complexity index is 547. The van der Waals surface area contributed by atoms with Crippen LogP contribution in [0.4, 0.5) is 0 Å². The van der Waals surface area contributed by atoms with Crippen LogP contribution in [0.25, 0.3) is 11.3 Å². The van der Waals surface area contributed by atoms with Gasteiger partial charge < -0.3 is 5.32 Å². The number of benzene rings is 1. The molecule has 0 bridgehead atoms. The minimum Gasteiger partial charge on any atom is -0.316 e. The number of halogens is 1. The van der Waals surface area contributed by atoms with Gasteiger partial charge in [-0.3, -0.25) is 0 Å². The number of thiazole rings is 1. The van der Waals surface area contributed by atoms with E-state index in [-0.39, 0.29) is 0 Å². The van der Waals surface area contributed by atoms with Crippen molar-refractivity contribution >= 4 is 27.3 Å². The van der Waals surface area contributed by atoms with E-state index in [1.165, 1.54) is 36.5 Å². The summed E-state index contributed by atoms with van der Waals surface area (Å²) in [6.45, 7) is 2.37. The van der Waals surface area contributed by atoms with Crippen molar-refractivity contribution in [1.82, 2.24) is 10.3 Å². The van der Waals surface area contributed by atoms with Crippen LogP contribution in [-0.4, -0.2) is 18.1 Å². The third-order valence-corrected chi connectivity index (χ3v) is 5.23. The minimum atomic E-state index is 0.843. The van der Waals surface area contributed by atoms with Crippen molar-refractivity contribution in [2.45, 2.75) is 19.3 Å². The molecule has 19 heavy (non-hydrogen) atoms. The third kappa shape index (κ3) is 3.25. The van der Waals surface area contributed by atoms with Gasteiger partial charge in [0.05, 0.1) is 10.7 Å². The molecule has 0 amide bonds. The lowest BCUT2D eigenvalue weighted by atomic mass is 10.0. The maximum absolute atomic E-state index is 4.77. The maximum atomic E-state index is 4.77. The van der Waals surface area contributed by atoms with Crippen LogP contribution >= 0.6 is 27.3 Å². The average molecular weight is 337 g/mol. The Hall–Kier alpha value is -0.710. The normalized spacial score (nSPS) is 18.9. The predicted molar refractivity (Wildman–Crippen MR) is 84.5 cm³/mol. The van der Waals surface area contributed by atoms with E-state index in [2.05, 4.69) is 44.8 Å². The summed E-state index contributed by atoms with van der Waals surface area (Å²) < 4.78 is 1.12. The SMILES string of the molecule is Brc1ccccc1-c1csc(CCC2CCNC2)n1. The van der Waals surface area contributed by atoms with Crippen LogP contribution < -0.4 is 5.32 Å². The minimum absolute atomic E-state index is 0.843. The van der Waals surface area contributed by atoms with Gasteiger partial charge in [0.25, 0.3) is 0 Å². The highest BCUT2D eigenvalue weighted by Crippen LogP contribution is 2.29. The molecule has 2 nitrogen and oxygen atoms in total. The van der Waals surface area contributed by atoms with Gasteiger partial charge in [0.1, 0.15) is 0 Å². The molecule has 1 N–H and O–H groups in total. The third-order valence-electron chi connectivity index (χ3n) is 3.63. The number of hydrogen-bond donors (Lipinski definition) is 1. The van der Waals surface area contributed by atoms with E-state index in [9.17, 15) is 0 Å². The standard InChI is InChI=1S/C15H17BrN2S/c16-13-4-2-1-3-12(13)14-10-19-15(18-14)6-5-11-7-8-17-9-11/h1-4,10-11,17H,5-9H2. The molecule has 1 aliphatic heterocycles. The Balaban J connectivity index is 1.67. The molecule has 1 aliphatic rings. The summed E-state index contributed by atoms with van der Waals surface area (Å²) in [5, 5.41) is 6.85. The van der Waals surface area contributed by atoms with Crippen molar-refractivity contribution in [2.24, 2.45) is 5.92 Å². The zero-order valence-electron chi connectivity index (χ0n) is 10.7. The second kappa shape index (κ2) is 6.16. The molecule has 0 aliphatic carbocycles. The fraction of sp³-hybridized carbons (Fsp3) is 0.400. The second-order valence-electron chi connectivity index (χ2n) is 5.00. The number of rotatable bonds is 4. The first-order valence-corrected chi connectivity index (χ1v) is 8.40. The molecule has 2 aromatic rings. The van der Waals surface area contributed by atoms with Gasteiger partial charge in [0.2, 0.25) is 0 Å². The van der Waals surface area contributed by atoms with Gasteiger partial charge in [-0.2, -0.15) is 0 Å². The van der Waals surface area contributed by atoms with E-state index >= 15 is 0 Å². The molecule has 1 unspecified atom stereocenters. The van der Waals surface area contributed by atoms with Gasteiger partial charge in [0.15, 0.2) is 0 Å². The first kappa shape index (κ1) is 13.3. The molecule has 4 heteroatoms. The Labute approximate surface area is 126 Å². The lowest BCUT2D eigenvalue weighted by Gasteiger charge is -2.05. The van der Waals surface area contributed by atoms with Crippen LogP contribution in [0.15, 0.2) is 34.1 Å². The van der Waals surface area contributed by atoms with Crippen molar-refractivity contribution in [1.29, 1.82) is 0 Å². The highest BCUT2D eigenvalue weighted by Gasteiger charge is 2.15. The van der Waals surface area contributed by atoms with Crippen LogP contribution in [0.3, 0.4) is 0 Å². The Morgan fingerprint density at radius 2 is 2.26 bits per heavy atom. The van der Waals surface area contributed by atoms with Gasteiger partial charge in [0, 0.05) is 15.4 Å². The molecule has 1 aromatic carbocycles. The monoisotopic (exact) mass is 336 g/mol. The van der Waals surface area contributed by atoms with Crippen molar-refractivity contribution in [3.05, 3.63) is 39.1 Å². The van der Waals surface area contributed by atoms with Gasteiger partial charge in [-0.25, -0.2) is 4.98 Å². The number of nitrogens with zero attached hydrogens (tertiary/aromatic N) is 1. The van der Waals surface area contributed by atoms with Crippen LogP contribution in [-0.2, 0) is 6.42 Å². The summed E-state index contributed by atoms with van der Waals surface area (Å²) in [6.07, 6.45) is 3.69. The summed E-state index contributed by atoms with van der Waals surface area (Å²) >= 11 is 5.38. The van der Waals surface area contributed by atoms with E-state index in [1.54, 1.807) is 11.3 Å². The van der Waals surface area contributed by atoms with Crippen LogP contribution in [0, 0.1) is 5.92 Å². The molecular weight excluding hydrogens is 320 g/mol.